The first-order valence-corrected chi connectivity index (χ1v) is 8.91. The molecule has 0 radical (unpaired) electrons. The Kier molecular flexibility index (Phi) is 3.87. The van der Waals surface area contributed by atoms with Gasteiger partial charge in [0, 0.05) is 35.3 Å². The number of hydrogen-bond acceptors (Lipinski definition) is 5. The fourth-order valence-electron chi connectivity index (χ4n) is 3.35. The van der Waals surface area contributed by atoms with Crippen LogP contribution in [0.1, 0.15) is 0 Å². The fraction of sp³-hybridized carbons (Fsp3) is 0.0455. The van der Waals surface area contributed by atoms with Gasteiger partial charge in [-0.1, -0.05) is 36.4 Å². The first kappa shape index (κ1) is 16.3. The van der Waals surface area contributed by atoms with Crippen LogP contribution in [0.25, 0.3) is 44.5 Å². The number of hydrogen-bond donors (Lipinski definition) is 0. The number of fused-ring (bicyclic) bond motifs is 1. The van der Waals surface area contributed by atoms with E-state index in [1.165, 1.54) is 0 Å². The molecule has 0 spiro atoms. The summed E-state index contributed by atoms with van der Waals surface area (Å²) < 4.78 is 1.79. The molecule has 5 rings (SSSR count). The topological polar surface area (TPSA) is 69.4 Å². The molecule has 0 aliphatic rings. The predicted octanol–water partition coefficient (Wildman–Crippen LogP) is 4.15. The minimum absolute atomic E-state index is 0.805. The molecule has 0 unspecified atom stereocenters. The molecule has 6 nitrogen and oxygen atoms in total. The maximum absolute atomic E-state index is 4.57. The van der Waals surface area contributed by atoms with Crippen LogP contribution in [0.4, 0.5) is 0 Å². The minimum Gasteiger partial charge on any atom is -0.275 e. The molecule has 6 heteroatoms. The second kappa shape index (κ2) is 6.66. The molecule has 0 aliphatic heterocycles. The molecule has 0 saturated carbocycles. The highest BCUT2D eigenvalue weighted by atomic mass is 15.2. The maximum atomic E-state index is 4.57. The highest BCUT2D eigenvalue weighted by Gasteiger charge is 2.14. The second-order valence-corrected chi connectivity index (χ2v) is 6.52. The molecule has 0 saturated heterocycles. The fourth-order valence-corrected chi connectivity index (χ4v) is 3.35. The van der Waals surface area contributed by atoms with Gasteiger partial charge in [-0.05, 0) is 23.8 Å². The van der Waals surface area contributed by atoms with E-state index < -0.39 is 0 Å². The molecular weight excluding hydrogens is 348 g/mol. The van der Waals surface area contributed by atoms with Crippen LogP contribution in [0.5, 0.6) is 0 Å². The highest BCUT2D eigenvalue weighted by molar-refractivity contribution is 5.97. The van der Waals surface area contributed by atoms with Gasteiger partial charge in [0.25, 0.3) is 0 Å². The van der Waals surface area contributed by atoms with E-state index in [1.54, 1.807) is 17.2 Å². The van der Waals surface area contributed by atoms with Gasteiger partial charge in [-0.15, -0.1) is 5.10 Å². The average molecular weight is 364 g/mol. The van der Waals surface area contributed by atoms with Crippen LogP contribution >= 0.6 is 0 Å². The number of benzene rings is 2. The van der Waals surface area contributed by atoms with Crippen LogP contribution in [0.15, 0.2) is 79.5 Å². The van der Waals surface area contributed by atoms with Crippen molar-refractivity contribution in [1.29, 1.82) is 0 Å². The number of aromatic nitrogens is 6. The smallest absolute Gasteiger partial charge is 0.116 e. The van der Waals surface area contributed by atoms with E-state index in [2.05, 4.69) is 43.5 Å². The number of nitrogens with zero attached hydrogens (tertiary/aromatic N) is 6. The molecule has 5 aromatic rings. The third-order valence-electron chi connectivity index (χ3n) is 4.70. The molecule has 0 N–H and O–H groups in total. The van der Waals surface area contributed by atoms with Gasteiger partial charge in [0.2, 0.25) is 0 Å². The van der Waals surface area contributed by atoms with Crippen molar-refractivity contribution in [2.45, 2.75) is 0 Å². The monoisotopic (exact) mass is 364 g/mol. The molecular formula is C22H16N6. The molecule has 0 aliphatic carbocycles. The van der Waals surface area contributed by atoms with Crippen LogP contribution in [0, 0.1) is 0 Å². The normalized spacial score (nSPS) is 11.0. The van der Waals surface area contributed by atoms with Crippen LogP contribution in [0.3, 0.4) is 0 Å². The second-order valence-electron chi connectivity index (χ2n) is 6.52. The van der Waals surface area contributed by atoms with Gasteiger partial charge in [0.05, 0.1) is 23.6 Å². The Balaban J connectivity index is 1.69. The lowest BCUT2D eigenvalue weighted by atomic mass is 9.99. The van der Waals surface area contributed by atoms with Crippen molar-refractivity contribution in [1.82, 2.24) is 29.9 Å². The summed E-state index contributed by atoms with van der Waals surface area (Å²) in [6.45, 7) is 0. The van der Waals surface area contributed by atoms with Crippen LogP contribution in [-0.4, -0.2) is 29.9 Å². The van der Waals surface area contributed by atoms with Gasteiger partial charge in [0.1, 0.15) is 12.0 Å². The minimum atomic E-state index is 0.805. The summed E-state index contributed by atoms with van der Waals surface area (Å²) in [7, 11) is 1.91. The largest absolute Gasteiger partial charge is 0.275 e. The van der Waals surface area contributed by atoms with Crippen LogP contribution < -0.4 is 0 Å². The lowest BCUT2D eigenvalue weighted by Crippen LogP contribution is -1.95. The first-order valence-electron chi connectivity index (χ1n) is 8.91. The van der Waals surface area contributed by atoms with Gasteiger partial charge in [0.15, 0.2) is 0 Å². The van der Waals surface area contributed by atoms with Crippen molar-refractivity contribution in [2.75, 3.05) is 0 Å². The summed E-state index contributed by atoms with van der Waals surface area (Å²) >= 11 is 0. The maximum Gasteiger partial charge on any atom is 0.116 e. The van der Waals surface area contributed by atoms with Gasteiger partial charge < -0.3 is 0 Å². The Morgan fingerprint density at radius 2 is 1.71 bits per heavy atom. The Morgan fingerprint density at radius 1 is 0.821 bits per heavy atom. The van der Waals surface area contributed by atoms with E-state index in [4.69, 9.17) is 0 Å². The molecule has 2 aromatic carbocycles. The zero-order chi connectivity index (χ0) is 18.9. The average Bonchev–Trinajstić information content (AvgIpc) is 3.20. The lowest BCUT2D eigenvalue weighted by Gasteiger charge is -2.10. The summed E-state index contributed by atoms with van der Waals surface area (Å²) in [5.41, 5.74) is 6.59. The standard InChI is InChI=1S/C22H16N6/c1-28-13-17(12-26-28)16-7-8-18-20(11-16)23-14-24-22(18)19-9-10-25-27-21(19)15-5-3-2-4-6-15/h2-14H,1H3. The zero-order valence-corrected chi connectivity index (χ0v) is 15.2. The Morgan fingerprint density at radius 3 is 2.54 bits per heavy atom. The quantitative estimate of drug-likeness (QED) is 0.481. The third-order valence-corrected chi connectivity index (χ3v) is 4.70. The van der Waals surface area contributed by atoms with Crippen molar-refractivity contribution >= 4 is 10.9 Å². The molecule has 134 valence electrons. The van der Waals surface area contributed by atoms with Crippen LogP contribution in [0.2, 0.25) is 0 Å². The van der Waals surface area contributed by atoms with Gasteiger partial charge in [-0.25, -0.2) is 9.97 Å². The highest BCUT2D eigenvalue weighted by Crippen LogP contribution is 2.33. The van der Waals surface area contributed by atoms with Crippen molar-refractivity contribution < 1.29 is 0 Å². The molecule has 0 atom stereocenters. The summed E-state index contributed by atoms with van der Waals surface area (Å²) in [5, 5.41) is 13.7. The van der Waals surface area contributed by atoms with E-state index in [9.17, 15) is 0 Å². The van der Waals surface area contributed by atoms with E-state index in [0.29, 0.717) is 0 Å². The summed E-state index contributed by atoms with van der Waals surface area (Å²) in [6, 6.07) is 18.2. The Labute approximate surface area is 161 Å². The lowest BCUT2D eigenvalue weighted by molar-refractivity contribution is 0.768. The van der Waals surface area contributed by atoms with Gasteiger partial charge >= 0.3 is 0 Å². The van der Waals surface area contributed by atoms with E-state index in [1.807, 2.05) is 55.8 Å². The van der Waals surface area contributed by atoms with Gasteiger partial charge in [-0.3, -0.25) is 4.68 Å². The number of rotatable bonds is 3. The Bertz CT molecular complexity index is 1280. The molecule has 0 bridgehead atoms. The first-order chi connectivity index (χ1) is 13.8. The summed E-state index contributed by atoms with van der Waals surface area (Å²) in [6.07, 6.45) is 7.13. The van der Waals surface area contributed by atoms with E-state index >= 15 is 0 Å². The van der Waals surface area contributed by atoms with Crippen molar-refractivity contribution in [3.8, 4) is 33.6 Å². The molecule has 3 aromatic heterocycles. The molecule has 28 heavy (non-hydrogen) atoms. The van der Waals surface area contributed by atoms with Crippen molar-refractivity contribution in [3.63, 3.8) is 0 Å². The number of aryl methyl sites for hydroxylation is 1. The van der Waals surface area contributed by atoms with Gasteiger partial charge in [-0.2, -0.15) is 10.2 Å². The van der Waals surface area contributed by atoms with Crippen molar-refractivity contribution in [3.05, 3.63) is 79.5 Å². The molecule has 0 fully saturated rings. The van der Waals surface area contributed by atoms with Crippen molar-refractivity contribution in [2.24, 2.45) is 7.05 Å². The zero-order valence-electron chi connectivity index (χ0n) is 15.2. The summed E-state index contributed by atoms with van der Waals surface area (Å²) in [5.74, 6) is 0. The third kappa shape index (κ3) is 2.81. The van der Waals surface area contributed by atoms with E-state index in [-0.39, 0.29) is 0 Å². The molecule has 0 amide bonds. The Hall–Kier alpha value is -3.93. The van der Waals surface area contributed by atoms with Crippen LogP contribution in [-0.2, 0) is 7.05 Å². The van der Waals surface area contributed by atoms with E-state index in [0.717, 1.165) is 44.5 Å². The predicted molar refractivity (Wildman–Crippen MR) is 108 cm³/mol. The molecule has 3 heterocycles. The summed E-state index contributed by atoms with van der Waals surface area (Å²) in [4.78, 5) is 9.06. The SMILES string of the molecule is Cn1cc(-c2ccc3c(-c4ccnnc4-c4ccccc4)ncnc3c2)cn1.